The van der Waals surface area contributed by atoms with Crippen molar-refractivity contribution in [3.63, 3.8) is 0 Å². The van der Waals surface area contributed by atoms with E-state index in [1.807, 2.05) is 24.3 Å². The van der Waals surface area contributed by atoms with Gasteiger partial charge in [0.25, 0.3) is 5.91 Å². The summed E-state index contributed by atoms with van der Waals surface area (Å²) < 4.78 is 31.8. The number of anilines is 1. The van der Waals surface area contributed by atoms with E-state index in [0.29, 0.717) is 42.5 Å². The van der Waals surface area contributed by atoms with Crippen LogP contribution in [-0.4, -0.2) is 64.2 Å². The van der Waals surface area contributed by atoms with E-state index in [1.165, 1.54) is 11.4 Å². The van der Waals surface area contributed by atoms with E-state index in [2.05, 4.69) is 10.2 Å². The number of ether oxygens (including phenoxy) is 1. The van der Waals surface area contributed by atoms with Gasteiger partial charge in [-0.05, 0) is 42.5 Å². The van der Waals surface area contributed by atoms with Crippen LogP contribution in [0.1, 0.15) is 10.4 Å². The smallest absolute Gasteiger partial charge is 0.251 e. The molecule has 1 saturated heterocycles. The van der Waals surface area contributed by atoms with Gasteiger partial charge in [0.15, 0.2) is 0 Å². The highest BCUT2D eigenvalue weighted by molar-refractivity contribution is 7.89. The standard InChI is InChI=1S/C20H24ClN3O4S/c1-28-19-4-2-3-16(15-19)20(25)22-9-14-29(26,27)24-12-10-23(11-13-24)18-7-5-17(21)6-8-18/h2-8,15H,9-14H2,1H3,(H,22,25). The number of hydrogen-bond donors (Lipinski definition) is 1. The quantitative estimate of drug-likeness (QED) is 0.718. The molecule has 9 heteroatoms. The summed E-state index contributed by atoms with van der Waals surface area (Å²) in [6, 6.07) is 14.2. The lowest BCUT2D eigenvalue weighted by molar-refractivity contribution is 0.0955. The highest BCUT2D eigenvalue weighted by Gasteiger charge is 2.27. The summed E-state index contributed by atoms with van der Waals surface area (Å²) in [5, 5.41) is 3.33. The number of benzene rings is 2. The fourth-order valence-electron chi connectivity index (χ4n) is 3.17. The second-order valence-corrected chi connectivity index (χ2v) is 9.19. The van der Waals surface area contributed by atoms with Crippen LogP contribution in [0.2, 0.25) is 5.02 Å². The van der Waals surface area contributed by atoms with Gasteiger partial charge in [-0.2, -0.15) is 4.31 Å². The molecule has 1 heterocycles. The van der Waals surface area contributed by atoms with Gasteiger partial charge in [-0.3, -0.25) is 4.79 Å². The van der Waals surface area contributed by atoms with Gasteiger partial charge in [0.05, 0.1) is 12.9 Å². The Morgan fingerprint density at radius 1 is 1.10 bits per heavy atom. The maximum atomic E-state index is 12.6. The summed E-state index contributed by atoms with van der Waals surface area (Å²) in [5.41, 5.74) is 1.45. The van der Waals surface area contributed by atoms with Gasteiger partial charge in [0, 0.05) is 49.0 Å². The molecule has 1 aliphatic rings. The van der Waals surface area contributed by atoms with Crippen LogP contribution in [0, 0.1) is 0 Å². The maximum absolute atomic E-state index is 12.6. The topological polar surface area (TPSA) is 78.9 Å². The maximum Gasteiger partial charge on any atom is 0.251 e. The Labute approximate surface area is 176 Å². The van der Waals surface area contributed by atoms with E-state index in [1.54, 1.807) is 24.3 Å². The van der Waals surface area contributed by atoms with Crippen molar-refractivity contribution in [1.82, 2.24) is 9.62 Å². The zero-order valence-corrected chi connectivity index (χ0v) is 17.7. The molecule has 1 amide bonds. The van der Waals surface area contributed by atoms with Crippen LogP contribution in [-0.2, 0) is 10.0 Å². The summed E-state index contributed by atoms with van der Waals surface area (Å²) in [6.07, 6.45) is 0. The molecular formula is C20H24ClN3O4S. The average Bonchev–Trinajstić information content (AvgIpc) is 2.74. The van der Waals surface area contributed by atoms with Gasteiger partial charge >= 0.3 is 0 Å². The second-order valence-electron chi connectivity index (χ2n) is 6.67. The Morgan fingerprint density at radius 3 is 2.45 bits per heavy atom. The van der Waals surface area contributed by atoms with E-state index >= 15 is 0 Å². The number of sulfonamides is 1. The summed E-state index contributed by atoms with van der Waals surface area (Å²) in [4.78, 5) is 14.3. The van der Waals surface area contributed by atoms with Crippen LogP contribution in [0.25, 0.3) is 0 Å². The van der Waals surface area contributed by atoms with Crippen molar-refractivity contribution in [2.45, 2.75) is 0 Å². The first kappa shape index (κ1) is 21.4. The summed E-state index contributed by atoms with van der Waals surface area (Å²) in [6.45, 7) is 2.09. The number of methoxy groups -OCH3 is 1. The van der Waals surface area contributed by atoms with E-state index in [-0.39, 0.29) is 18.2 Å². The zero-order valence-electron chi connectivity index (χ0n) is 16.2. The van der Waals surface area contributed by atoms with Crippen LogP contribution >= 0.6 is 11.6 Å². The number of carbonyl (C=O) groups is 1. The molecule has 7 nitrogen and oxygen atoms in total. The molecule has 0 unspecified atom stereocenters. The molecule has 1 fully saturated rings. The fraction of sp³-hybridized carbons (Fsp3) is 0.350. The summed E-state index contributed by atoms with van der Waals surface area (Å²) in [7, 11) is -1.92. The summed E-state index contributed by atoms with van der Waals surface area (Å²) in [5.74, 6) is 0.111. The Bertz CT molecular complexity index is 942. The molecule has 0 saturated carbocycles. The lowest BCUT2D eigenvalue weighted by Gasteiger charge is -2.35. The van der Waals surface area contributed by atoms with Crippen molar-refractivity contribution in [1.29, 1.82) is 0 Å². The van der Waals surface area contributed by atoms with Gasteiger partial charge in [-0.1, -0.05) is 17.7 Å². The molecule has 3 rings (SSSR count). The third kappa shape index (κ3) is 5.62. The molecule has 1 aliphatic heterocycles. The van der Waals surface area contributed by atoms with Gasteiger partial charge in [-0.15, -0.1) is 0 Å². The Balaban J connectivity index is 1.48. The Hall–Kier alpha value is -2.29. The van der Waals surface area contributed by atoms with Gasteiger partial charge in [0.2, 0.25) is 10.0 Å². The third-order valence-electron chi connectivity index (χ3n) is 4.80. The summed E-state index contributed by atoms with van der Waals surface area (Å²) >= 11 is 5.92. The molecular weight excluding hydrogens is 414 g/mol. The SMILES string of the molecule is COc1cccc(C(=O)NCCS(=O)(=O)N2CCN(c3ccc(Cl)cc3)CC2)c1. The van der Waals surface area contributed by atoms with Gasteiger partial charge in [-0.25, -0.2) is 8.42 Å². The van der Waals surface area contributed by atoms with E-state index in [0.717, 1.165) is 5.69 Å². The number of rotatable bonds is 7. The number of nitrogens with one attached hydrogen (secondary N) is 1. The van der Waals surface area contributed by atoms with E-state index in [4.69, 9.17) is 16.3 Å². The fourth-order valence-corrected chi connectivity index (χ4v) is 4.63. The number of halogens is 1. The third-order valence-corrected chi connectivity index (χ3v) is 6.93. The molecule has 156 valence electrons. The number of piperazine rings is 1. The number of hydrogen-bond acceptors (Lipinski definition) is 5. The number of carbonyl (C=O) groups excluding carboxylic acids is 1. The first-order valence-electron chi connectivity index (χ1n) is 9.29. The van der Waals surface area contributed by atoms with Crippen molar-refractivity contribution in [3.05, 3.63) is 59.1 Å². The van der Waals surface area contributed by atoms with Crippen LogP contribution in [0.3, 0.4) is 0 Å². The van der Waals surface area contributed by atoms with Crippen LogP contribution in [0.5, 0.6) is 5.75 Å². The van der Waals surface area contributed by atoms with Crippen LogP contribution < -0.4 is 15.0 Å². The zero-order chi connectivity index (χ0) is 20.9. The predicted octanol–water partition coefficient (Wildman–Crippen LogP) is 2.23. The minimum Gasteiger partial charge on any atom is -0.497 e. The normalized spacial score (nSPS) is 15.2. The molecule has 0 aromatic heterocycles. The first-order chi connectivity index (χ1) is 13.9. The molecule has 0 radical (unpaired) electrons. The van der Waals surface area contributed by atoms with Crippen molar-refractivity contribution in [2.75, 3.05) is 50.5 Å². The highest BCUT2D eigenvalue weighted by atomic mass is 35.5. The molecule has 2 aromatic rings. The van der Waals surface area contributed by atoms with Gasteiger partial charge in [0.1, 0.15) is 5.75 Å². The monoisotopic (exact) mass is 437 g/mol. The van der Waals surface area contributed by atoms with Crippen LogP contribution in [0.15, 0.2) is 48.5 Å². The molecule has 0 atom stereocenters. The molecule has 0 bridgehead atoms. The first-order valence-corrected chi connectivity index (χ1v) is 11.3. The molecule has 0 spiro atoms. The minimum atomic E-state index is -3.44. The molecule has 2 aromatic carbocycles. The Morgan fingerprint density at radius 2 is 1.79 bits per heavy atom. The largest absolute Gasteiger partial charge is 0.497 e. The number of amides is 1. The minimum absolute atomic E-state index is 0.0514. The van der Waals surface area contributed by atoms with Gasteiger partial charge < -0.3 is 15.0 Å². The lowest BCUT2D eigenvalue weighted by Crippen LogP contribution is -2.50. The lowest BCUT2D eigenvalue weighted by atomic mass is 10.2. The predicted molar refractivity (Wildman–Crippen MR) is 114 cm³/mol. The average molecular weight is 438 g/mol. The van der Waals surface area contributed by atoms with Crippen molar-refractivity contribution >= 4 is 33.2 Å². The Kier molecular flexibility index (Phi) is 7.00. The van der Waals surface area contributed by atoms with Crippen molar-refractivity contribution in [3.8, 4) is 5.75 Å². The van der Waals surface area contributed by atoms with Crippen molar-refractivity contribution in [2.24, 2.45) is 0 Å². The number of nitrogens with zero attached hydrogens (tertiary/aromatic N) is 2. The second kappa shape index (κ2) is 9.47. The highest BCUT2D eigenvalue weighted by Crippen LogP contribution is 2.20. The molecule has 0 aliphatic carbocycles. The van der Waals surface area contributed by atoms with E-state index < -0.39 is 10.0 Å². The molecule has 29 heavy (non-hydrogen) atoms. The van der Waals surface area contributed by atoms with E-state index in [9.17, 15) is 13.2 Å². The van der Waals surface area contributed by atoms with Crippen LogP contribution in [0.4, 0.5) is 5.69 Å². The molecule has 1 N–H and O–H groups in total. The van der Waals surface area contributed by atoms with Crippen molar-refractivity contribution < 1.29 is 17.9 Å².